The average Bonchev–Trinajstić information content (AvgIpc) is 3.25. The maximum atomic E-state index is 13.5. The number of hydrogen-bond acceptors (Lipinski definition) is 5. The van der Waals surface area contributed by atoms with E-state index in [0.29, 0.717) is 18.7 Å². The minimum absolute atomic E-state index is 0. The lowest BCUT2D eigenvalue weighted by molar-refractivity contribution is 0.0629. The Balaban J connectivity index is 0.00000245. The Labute approximate surface area is 193 Å². The first-order valence-corrected chi connectivity index (χ1v) is 10.5. The number of nitrogens with zero attached hydrogens (tertiary/aromatic N) is 6. The summed E-state index contributed by atoms with van der Waals surface area (Å²) in [4.78, 5) is 27.0. The van der Waals surface area contributed by atoms with Crippen LogP contribution in [0.1, 0.15) is 16.1 Å². The Morgan fingerprint density at radius 2 is 1.75 bits per heavy atom. The summed E-state index contributed by atoms with van der Waals surface area (Å²) < 4.78 is 1.74. The van der Waals surface area contributed by atoms with Gasteiger partial charge in [0, 0.05) is 57.6 Å². The molecule has 0 bridgehead atoms. The lowest BCUT2D eigenvalue weighted by Gasteiger charge is -2.34. The van der Waals surface area contributed by atoms with Gasteiger partial charge in [-0.2, -0.15) is 5.10 Å². The number of para-hydroxylation sites is 1. The SMILES string of the molecule is Cl.Cn1ccc(-c2cc(C(=O)N3CCN(Cc4ccccn4)CC3)c3ccccc3n2)n1. The number of aryl methyl sites for hydroxylation is 1. The molecule has 1 saturated heterocycles. The van der Waals surface area contributed by atoms with E-state index in [4.69, 9.17) is 4.98 Å². The third-order valence-electron chi connectivity index (χ3n) is 5.69. The van der Waals surface area contributed by atoms with Gasteiger partial charge in [0.2, 0.25) is 0 Å². The highest BCUT2D eigenvalue weighted by atomic mass is 35.5. The molecule has 3 aromatic heterocycles. The van der Waals surface area contributed by atoms with Crippen molar-refractivity contribution in [1.82, 2.24) is 29.5 Å². The van der Waals surface area contributed by atoms with Gasteiger partial charge in [-0.05, 0) is 30.3 Å². The Morgan fingerprint density at radius 1 is 0.969 bits per heavy atom. The lowest BCUT2D eigenvalue weighted by atomic mass is 10.0. The first-order valence-electron chi connectivity index (χ1n) is 10.5. The van der Waals surface area contributed by atoms with Crippen LogP contribution >= 0.6 is 12.4 Å². The molecule has 0 saturated carbocycles. The van der Waals surface area contributed by atoms with Crippen molar-refractivity contribution in [2.75, 3.05) is 26.2 Å². The van der Waals surface area contributed by atoms with Gasteiger partial charge >= 0.3 is 0 Å². The Hall–Kier alpha value is -3.29. The number of aromatic nitrogens is 4. The molecule has 0 radical (unpaired) electrons. The zero-order chi connectivity index (χ0) is 21.2. The second-order valence-corrected chi connectivity index (χ2v) is 7.84. The van der Waals surface area contributed by atoms with Gasteiger partial charge < -0.3 is 4.90 Å². The van der Waals surface area contributed by atoms with Crippen molar-refractivity contribution in [3.8, 4) is 11.4 Å². The van der Waals surface area contributed by atoms with E-state index in [2.05, 4.69) is 15.0 Å². The molecule has 4 aromatic rings. The molecule has 1 aliphatic rings. The molecule has 0 unspecified atom stereocenters. The van der Waals surface area contributed by atoms with Gasteiger partial charge in [-0.3, -0.25) is 19.4 Å². The number of carbonyl (C=O) groups excluding carboxylic acids is 1. The highest BCUT2D eigenvalue weighted by molar-refractivity contribution is 6.07. The number of amides is 1. The molecule has 1 aliphatic heterocycles. The monoisotopic (exact) mass is 448 g/mol. The number of piperazine rings is 1. The third-order valence-corrected chi connectivity index (χ3v) is 5.69. The molecule has 7 nitrogen and oxygen atoms in total. The van der Waals surface area contributed by atoms with Crippen LogP contribution in [0.4, 0.5) is 0 Å². The van der Waals surface area contributed by atoms with Gasteiger partial charge in [-0.1, -0.05) is 24.3 Å². The van der Waals surface area contributed by atoms with Crippen LogP contribution in [0.25, 0.3) is 22.3 Å². The largest absolute Gasteiger partial charge is 0.336 e. The predicted octanol–water partition coefficient (Wildman–Crippen LogP) is 3.41. The van der Waals surface area contributed by atoms with Crippen molar-refractivity contribution in [1.29, 1.82) is 0 Å². The van der Waals surface area contributed by atoms with Gasteiger partial charge in [0.25, 0.3) is 5.91 Å². The highest BCUT2D eigenvalue weighted by Gasteiger charge is 2.24. The number of hydrogen-bond donors (Lipinski definition) is 0. The number of rotatable bonds is 4. The van der Waals surface area contributed by atoms with Crippen LogP contribution in [0, 0.1) is 0 Å². The van der Waals surface area contributed by atoms with Crippen LogP contribution in [-0.2, 0) is 13.6 Å². The smallest absolute Gasteiger partial charge is 0.254 e. The second kappa shape index (κ2) is 9.46. The molecular weight excluding hydrogens is 424 g/mol. The summed E-state index contributed by atoms with van der Waals surface area (Å²) in [6, 6.07) is 17.6. The average molecular weight is 449 g/mol. The fourth-order valence-corrected chi connectivity index (χ4v) is 4.04. The minimum Gasteiger partial charge on any atom is -0.336 e. The van der Waals surface area contributed by atoms with Crippen molar-refractivity contribution in [3.05, 3.63) is 78.2 Å². The Bertz CT molecular complexity index is 1220. The molecule has 0 spiro atoms. The van der Waals surface area contributed by atoms with Gasteiger partial charge in [0.1, 0.15) is 5.69 Å². The molecule has 1 aromatic carbocycles. The van der Waals surface area contributed by atoms with Crippen LogP contribution in [0.5, 0.6) is 0 Å². The molecule has 1 fully saturated rings. The van der Waals surface area contributed by atoms with E-state index in [1.165, 1.54) is 0 Å². The normalized spacial score (nSPS) is 14.3. The molecule has 0 N–H and O–H groups in total. The maximum Gasteiger partial charge on any atom is 0.254 e. The molecule has 1 amide bonds. The second-order valence-electron chi connectivity index (χ2n) is 7.84. The highest BCUT2D eigenvalue weighted by Crippen LogP contribution is 2.25. The number of carbonyl (C=O) groups is 1. The molecule has 4 heterocycles. The number of halogens is 1. The summed E-state index contributed by atoms with van der Waals surface area (Å²) in [5.41, 5.74) is 4.04. The molecule has 0 atom stereocenters. The summed E-state index contributed by atoms with van der Waals surface area (Å²) in [6.45, 7) is 3.87. The van der Waals surface area contributed by atoms with E-state index >= 15 is 0 Å². The standard InChI is InChI=1S/C24H24N6O.ClH/c1-28-11-9-22(27-28)23-16-20(19-7-2-3-8-21(19)26-23)24(31)30-14-12-29(13-15-30)17-18-6-4-5-10-25-18;/h2-11,16H,12-15,17H2,1H3;1H. The molecule has 5 rings (SSSR count). The van der Waals surface area contributed by atoms with Gasteiger partial charge in [0.05, 0.1) is 22.5 Å². The predicted molar refractivity (Wildman–Crippen MR) is 127 cm³/mol. The number of benzene rings is 1. The van der Waals surface area contributed by atoms with Crippen LogP contribution < -0.4 is 0 Å². The first kappa shape index (κ1) is 21.9. The van der Waals surface area contributed by atoms with Crippen molar-refractivity contribution >= 4 is 29.2 Å². The summed E-state index contributed by atoms with van der Waals surface area (Å²) in [6.07, 6.45) is 3.71. The van der Waals surface area contributed by atoms with Crippen LogP contribution in [0.2, 0.25) is 0 Å². The topological polar surface area (TPSA) is 67.2 Å². The summed E-state index contributed by atoms with van der Waals surface area (Å²) in [5.74, 6) is 0.0493. The van der Waals surface area contributed by atoms with Crippen LogP contribution in [0.3, 0.4) is 0 Å². The molecule has 32 heavy (non-hydrogen) atoms. The Kier molecular flexibility index (Phi) is 6.48. The lowest BCUT2D eigenvalue weighted by Crippen LogP contribution is -2.48. The van der Waals surface area contributed by atoms with Gasteiger partial charge in [-0.25, -0.2) is 4.98 Å². The van der Waals surface area contributed by atoms with E-state index in [9.17, 15) is 4.79 Å². The van der Waals surface area contributed by atoms with Crippen molar-refractivity contribution in [2.24, 2.45) is 7.05 Å². The molecular formula is C24H25ClN6O. The van der Waals surface area contributed by atoms with Crippen molar-refractivity contribution < 1.29 is 4.79 Å². The fraction of sp³-hybridized carbons (Fsp3) is 0.250. The molecule has 0 aliphatic carbocycles. The quantitative estimate of drug-likeness (QED) is 0.478. The van der Waals surface area contributed by atoms with Gasteiger partial charge in [0.15, 0.2) is 0 Å². The zero-order valence-electron chi connectivity index (χ0n) is 17.9. The van der Waals surface area contributed by atoms with Crippen molar-refractivity contribution in [3.63, 3.8) is 0 Å². The van der Waals surface area contributed by atoms with Crippen molar-refractivity contribution in [2.45, 2.75) is 6.54 Å². The maximum absolute atomic E-state index is 13.5. The van der Waals surface area contributed by atoms with E-state index in [1.807, 2.05) is 78.9 Å². The first-order chi connectivity index (χ1) is 15.2. The zero-order valence-corrected chi connectivity index (χ0v) is 18.7. The minimum atomic E-state index is 0. The number of fused-ring (bicyclic) bond motifs is 1. The third kappa shape index (κ3) is 4.49. The summed E-state index contributed by atoms with van der Waals surface area (Å²) in [7, 11) is 1.88. The van der Waals surface area contributed by atoms with E-state index in [-0.39, 0.29) is 18.3 Å². The van der Waals surface area contributed by atoms with E-state index < -0.39 is 0 Å². The number of pyridine rings is 2. The van der Waals surface area contributed by atoms with E-state index in [0.717, 1.165) is 47.6 Å². The summed E-state index contributed by atoms with van der Waals surface area (Å²) >= 11 is 0. The van der Waals surface area contributed by atoms with Crippen LogP contribution in [-0.4, -0.2) is 61.6 Å². The Morgan fingerprint density at radius 3 is 2.47 bits per heavy atom. The van der Waals surface area contributed by atoms with Gasteiger partial charge in [-0.15, -0.1) is 12.4 Å². The van der Waals surface area contributed by atoms with Crippen LogP contribution in [0.15, 0.2) is 67.0 Å². The van der Waals surface area contributed by atoms with E-state index in [1.54, 1.807) is 4.68 Å². The molecule has 8 heteroatoms. The fourth-order valence-electron chi connectivity index (χ4n) is 4.04. The summed E-state index contributed by atoms with van der Waals surface area (Å²) in [5, 5.41) is 5.35. The molecule has 164 valence electrons.